The summed E-state index contributed by atoms with van der Waals surface area (Å²) >= 11 is 0. The Bertz CT molecular complexity index is 563. The molecule has 2 aromatic carbocycles. The predicted octanol–water partition coefficient (Wildman–Crippen LogP) is 4.90. The topological polar surface area (TPSA) is 6.48 Å². The second-order valence-corrected chi connectivity index (χ2v) is 7.43. The third-order valence-electron chi connectivity index (χ3n) is 5.26. The van der Waals surface area contributed by atoms with Crippen LogP contribution in [0.4, 0.5) is 0 Å². The Labute approximate surface area is 147 Å². The normalized spacial score (nSPS) is 23.1. The summed E-state index contributed by atoms with van der Waals surface area (Å²) in [4.78, 5) is 5.35. The molecule has 2 heteroatoms. The maximum absolute atomic E-state index is 2.67. The van der Waals surface area contributed by atoms with Crippen molar-refractivity contribution in [1.82, 2.24) is 9.80 Å². The van der Waals surface area contributed by atoms with Crippen molar-refractivity contribution in [3.8, 4) is 0 Å². The zero-order chi connectivity index (χ0) is 17.1. The predicted molar refractivity (Wildman–Crippen MR) is 102 cm³/mol. The number of nitrogens with zero attached hydrogens (tertiary/aromatic N) is 2. The van der Waals surface area contributed by atoms with Gasteiger partial charge in [0.15, 0.2) is 0 Å². The molecule has 1 fully saturated rings. The van der Waals surface area contributed by atoms with E-state index >= 15 is 0 Å². The Balaban J connectivity index is 1.95. The Morgan fingerprint density at radius 1 is 0.625 bits per heavy atom. The fraction of sp³-hybridized carbons (Fsp3) is 0.455. The van der Waals surface area contributed by atoms with E-state index in [0.717, 1.165) is 13.1 Å². The highest BCUT2D eigenvalue weighted by Gasteiger charge is 2.37. The summed E-state index contributed by atoms with van der Waals surface area (Å²) < 4.78 is 0. The van der Waals surface area contributed by atoms with Crippen molar-refractivity contribution in [2.75, 3.05) is 13.1 Å². The molecule has 2 atom stereocenters. The molecular weight excluding hydrogens is 292 g/mol. The highest BCUT2D eigenvalue weighted by Crippen LogP contribution is 2.36. The molecule has 0 aromatic heterocycles. The van der Waals surface area contributed by atoms with Crippen molar-refractivity contribution in [3.05, 3.63) is 71.8 Å². The first-order valence-corrected chi connectivity index (χ1v) is 9.19. The van der Waals surface area contributed by atoms with Gasteiger partial charge in [0, 0.05) is 37.3 Å². The number of hydrogen-bond acceptors (Lipinski definition) is 2. The zero-order valence-electron chi connectivity index (χ0n) is 15.4. The van der Waals surface area contributed by atoms with Crippen molar-refractivity contribution in [1.29, 1.82) is 0 Å². The molecule has 2 aromatic rings. The lowest BCUT2D eigenvalue weighted by Gasteiger charge is -2.50. The standard InChI is InChI=1S/C22H30N2/c1-17(2)23-15-22(20-13-9-6-10-14-20)24(18(3)4)16-21(23)19-11-7-5-8-12-19/h5-14,17-18,21-22H,15-16H2,1-4H3/t21-,22+. The van der Waals surface area contributed by atoms with E-state index in [9.17, 15) is 0 Å². The Hall–Kier alpha value is -1.64. The smallest absolute Gasteiger partial charge is 0.0479 e. The molecule has 2 nitrogen and oxygen atoms in total. The van der Waals surface area contributed by atoms with E-state index in [1.807, 2.05) is 0 Å². The van der Waals surface area contributed by atoms with Gasteiger partial charge in [-0.25, -0.2) is 0 Å². The minimum atomic E-state index is 0.466. The van der Waals surface area contributed by atoms with Crippen LogP contribution < -0.4 is 0 Å². The Kier molecular flexibility index (Phi) is 5.37. The van der Waals surface area contributed by atoms with Crippen LogP contribution >= 0.6 is 0 Å². The van der Waals surface area contributed by atoms with Crippen molar-refractivity contribution in [2.24, 2.45) is 0 Å². The minimum absolute atomic E-state index is 0.466. The quantitative estimate of drug-likeness (QED) is 0.789. The lowest BCUT2D eigenvalue weighted by atomic mass is 9.93. The van der Waals surface area contributed by atoms with Crippen LogP contribution in [0.3, 0.4) is 0 Å². The molecular formula is C22H30N2. The van der Waals surface area contributed by atoms with E-state index in [0.29, 0.717) is 24.2 Å². The van der Waals surface area contributed by atoms with Crippen LogP contribution in [0.15, 0.2) is 60.7 Å². The molecule has 24 heavy (non-hydrogen) atoms. The van der Waals surface area contributed by atoms with Gasteiger partial charge >= 0.3 is 0 Å². The van der Waals surface area contributed by atoms with Crippen LogP contribution in [-0.4, -0.2) is 35.0 Å². The molecule has 1 aliphatic rings. The van der Waals surface area contributed by atoms with Gasteiger partial charge in [0.05, 0.1) is 0 Å². The van der Waals surface area contributed by atoms with Gasteiger partial charge in [0.2, 0.25) is 0 Å². The molecule has 0 N–H and O–H groups in total. The molecule has 0 radical (unpaired) electrons. The molecule has 0 saturated carbocycles. The van der Waals surface area contributed by atoms with Gasteiger partial charge in [0.25, 0.3) is 0 Å². The second kappa shape index (κ2) is 7.50. The fourth-order valence-corrected chi connectivity index (χ4v) is 3.95. The summed E-state index contributed by atoms with van der Waals surface area (Å²) in [5.74, 6) is 0. The molecule has 0 bridgehead atoms. The van der Waals surface area contributed by atoms with Gasteiger partial charge < -0.3 is 0 Å². The van der Waals surface area contributed by atoms with E-state index in [4.69, 9.17) is 0 Å². The zero-order valence-corrected chi connectivity index (χ0v) is 15.4. The monoisotopic (exact) mass is 322 g/mol. The van der Waals surface area contributed by atoms with Crippen LogP contribution in [0.2, 0.25) is 0 Å². The molecule has 0 unspecified atom stereocenters. The van der Waals surface area contributed by atoms with Gasteiger partial charge in [-0.1, -0.05) is 60.7 Å². The van der Waals surface area contributed by atoms with Gasteiger partial charge in [-0.2, -0.15) is 0 Å². The number of hydrogen-bond donors (Lipinski definition) is 0. The average Bonchev–Trinajstić information content (AvgIpc) is 2.62. The van der Waals surface area contributed by atoms with Crippen molar-refractivity contribution >= 4 is 0 Å². The van der Waals surface area contributed by atoms with Crippen LogP contribution in [-0.2, 0) is 0 Å². The van der Waals surface area contributed by atoms with Crippen LogP contribution in [0.25, 0.3) is 0 Å². The third-order valence-corrected chi connectivity index (χ3v) is 5.26. The summed E-state index contributed by atoms with van der Waals surface area (Å²) in [5, 5.41) is 0. The lowest BCUT2D eigenvalue weighted by Crippen LogP contribution is -2.54. The van der Waals surface area contributed by atoms with Crippen molar-refractivity contribution in [3.63, 3.8) is 0 Å². The maximum atomic E-state index is 2.67. The van der Waals surface area contributed by atoms with Gasteiger partial charge in [0.1, 0.15) is 0 Å². The summed E-state index contributed by atoms with van der Waals surface area (Å²) in [6.07, 6.45) is 0. The first-order chi connectivity index (χ1) is 11.6. The largest absolute Gasteiger partial charge is 0.291 e. The SMILES string of the molecule is CC(C)N1C[C@@H](c2ccccc2)N(C(C)C)C[C@@H]1c1ccccc1. The van der Waals surface area contributed by atoms with Gasteiger partial charge in [-0.05, 0) is 38.8 Å². The van der Waals surface area contributed by atoms with Gasteiger partial charge in [-0.15, -0.1) is 0 Å². The molecule has 1 aliphatic heterocycles. The molecule has 3 rings (SSSR count). The summed E-state index contributed by atoms with van der Waals surface area (Å²) in [6.45, 7) is 11.5. The highest BCUT2D eigenvalue weighted by atomic mass is 15.3. The Morgan fingerprint density at radius 3 is 1.25 bits per heavy atom. The number of benzene rings is 2. The number of piperazine rings is 1. The number of rotatable bonds is 4. The molecule has 1 heterocycles. The Morgan fingerprint density at radius 2 is 0.958 bits per heavy atom. The summed E-state index contributed by atoms with van der Waals surface area (Å²) in [7, 11) is 0. The minimum Gasteiger partial charge on any atom is -0.291 e. The average molecular weight is 322 g/mol. The molecule has 1 saturated heterocycles. The first-order valence-electron chi connectivity index (χ1n) is 9.19. The van der Waals surface area contributed by atoms with E-state index in [1.165, 1.54) is 11.1 Å². The lowest BCUT2D eigenvalue weighted by molar-refractivity contribution is -0.00855. The highest BCUT2D eigenvalue weighted by molar-refractivity contribution is 5.24. The van der Waals surface area contributed by atoms with E-state index in [1.54, 1.807) is 0 Å². The van der Waals surface area contributed by atoms with Crippen molar-refractivity contribution < 1.29 is 0 Å². The second-order valence-electron chi connectivity index (χ2n) is 7.43. The van der Waals surface area contributed by atoms with E-state index in [2.05, 4.69) is 98.2 Å². The van der Waals surface area contributed by atoms with E-state index < -0.39 is 0 Å². The van der Waals surface area contributed by atoms with Crippen LogP contribution in [0.5, 0.6) is 0 Å². The van der Waals surface area contributed by atoms with Crippen molar-refractivity contribution in [2.45, 2.75) is 51.9 Å². The van der Waals surface area contributed by atoms with Gasteiger partial charge in [-0.3, -0.25) is 9.80 Å². The van der Waals surface area contributed by atoms with E-state index in [-0.39, 0.29) is 0 Å². The fourth-order valence-electron chi connectivity index (χ4n) is 3.95. The molecule has 128 valence electrons. The first kappa shape index (κ1) is 17.2. The maximum Gasteiger partial charge on any atom is 0.0479 e. The van der Waals surface area contributed by atoms with Crippen LogP contribution in [0.1, 0.15) is 50.9 Å². The molecule has 0 amide bonds. The summed E-state index contributed by atoms with van der Waals surface area (Å²) in [5.41, 5.74) is 2.87. The molecule has 0 spiro atoms. The third kappa shape index (κ3) is 3.55. The van der Waals surface area contributed by atoms with Crippen LogP contribution in [0, 0.1) is 0 Å². The summed E-state index contributed by atoms with van der Waals surface area (Å²) in [6, 6.07) is 24.0. The molecule has 0 aliphatic carbocycles.